The Morgan fingerprint density at radius 2 is 2.21 bits per heavy atom. The summed E-state index contributed by atoms with van der Waals surface area (Å²) in [4.78, 5) is 28.5. The molecule has 3 rings (SSSR count). The van der Waals surface area contributed by atoms with Crippen LogP contribution in [0.4, 0.5) is 10.1 Å². The van der Waals surface area contributed by atoms with Crippen molar-refractivity contribution in [2.45, 2.75) is 13.1 Å². The third-order valence-corrected chi connectivity index (χ3v) is 3.36. The highest BCUT2D eigenvalue weighted by Crippen LogP contribution is 2.09. The number of carbonyl (C=O) groups excluding carboxylic acids is 1. The summed E-state index contributed by atoms with van der Waals surface area (Å²) in [6.07, 6.45) is 2.59. The normalized spacial score (nSPS) is 10.9. The van der Waals surface area contributed by atoms with Crippen LogP contribution in [-0.4, -0.2) is 37.0 Å². The van der Waals surface area contributed by atoms with Crippen molar-refractivity contribution in [2.75, 3.05) is 11.9 Å². The van der Waals surface area contributed by atoms with Crippen LogP contribution in [0.2, 0.25) is 0 Å². The number of halogens is 1. The van der Waals surface area contributed by atoms with Gasteiger partial charge >= 0.3 is 0 Å². The van der Waals surface area contributed by atoms with Gasteiger partial charge in [0.2, 0.25) is 5.91 Å². The molecule has 8 nitrogen and oxygen atoms in total. The van der Waals surface area contributed by atoms with Crippen LogP contribution in [0.1, 0.15) is 0 Å². The van der Waals surface area contributed by atoms with Gasteiger partial charge < -0.3 is 10.4 Å². The molecule has 2 heterocycles. The fourth-order valence-electron chi connectivity index (χ4n) is 2.29. The number of nitrogens with zero attached hydrogens (tertiary/aromatic N) is 4. The first-order valence-corrected chi connectivity index (χ1v) is 7.15. The molecule has 2 N–H and O–H groups in total. The van der Waals surface area contributed by atoms with Gasteiger partial charge in [-0.15, -0.1) is 0 Å². The number of rotatable bonds is 5. The largest absolute Gasteiger partial charge is 0.394 e. The van der Waals surface area contributed by atoms with E-state index in [1.807, 2.05) is 0 Å². The molecule has 1 aromatic carbocycles. The van der Waals surface area contributed by atoms with Crippen molar-refractivity contribution >= 4 is 22.6 Å². The minimum atomic E-state index is -0.480. The van der Waals surface area contributed by atoms with Gasteiger partial charge in [-0.25, -0.2) is 14.1 Å². The fraction of sp³-hybridized carbons (Fsp3) is 0.200. The van der Waals surface area contributed by atoms with Crippen LogP contribution in [0.5, 0.6) is 0 Å². The van der Waals surface area contributed by atoms with E-state index in [4.69, 9.17) is 5.11 Å². The summed E-state index contributed by atoms with van der Waals surface area (Å²) in [5.74, 6) is -0.948. The molecule has 24 heavy (non-hydrogen) atoms. The van der Waals surface area contributed by atoms with Gasteiger partial charge in [-0.05, 0) is 18.2 Å². The van der Waals surface area contributed by atoms with Crippen molar-refractivity contribution in [2.24, 2.45) is 0 Å². The van der Waals surface area contributed by atoms with Gasteiger partial charge in [0.1, 0.15) is 24.1 Å². The number of anilines is 1. The van der Waals surface area contributed by atoms with Crippen LogP contribution in [0, 0.1) is 5.82 Å². The maximum absolute atomic E-state index is 13.1. The van der Waals surface area contributed by atoms with E-state index in [1.54, 1.807) is 6.07 Å². The zero-order chi connectivity index (χ0) is 17.1. The van der Waals surface area contributed by atoms with Crippen molar-refractivity contribution in [3.8, 4) is 0 Å². The van der Waals surface area contributed by atoms with Gasteiger partial charge in [0.05, 0.1) is 19.3 Å². The van der Waals surface area contributed by atoms with Crippen LogP contribution in [0.3, 0.4) is 0 Å². The number of hydrogen-bond donors (Lipinski definition) is 2. The number of hydrogen-bond acceptors (Lipinski definition) is 5. The summed E-state index contributed by atoms with van der Waals surface area (Å²) < 4.78 is 15.7. The number of aliphatic hydroxyl groups is 1. The molecule has 9 heteroatoms. The molecule has 0 bridgehead atoms. The highest BCUT2D eigenvalue weighted by molar-refractivity contribution is 5.90. The van der Waals surface area contributed by atoms with E-state index in [0.29, 0.717) is 11.3 Å². The second-order valence-corrected chi connectivity index (χ2v) is 5.06. The highest BCUT2D eigenvalue weighted by atomic mass is 19.1. The quantitative estimate of drug-likeness (QED) is 0.703. The Balaban J connectivity index is 1.81. The topological polar surface area (TPSA) is 102 Å². The lowest BCUT2D eigenvalue weighted by Crippen LogP contribution is -2.28. The SMILES string of the molecule is O=C(Cn1cnc2c(cnn2CCO)c1=O)Nc1cccc(F)c1. The van der Waals surface area contributed by atoms with Crippen molar-refractivity contribution < 1.29 is 14.3 Å². The lowest BCUT2D eigenvalue weighted by Gasteiger charge is -2.07. The van der Waals surface area contributed by atoms with Gasteiger partial charge in [0, 0.05) is 5.69 Å². The molecule has 0 saturated heterocycles. The Morgan fingerprint density at radius 1 is 1.38 bits per heavy atom. The molecular formula is C15H14FN5O3. The molecule has 124 valence electrons. The number of benzene rings is 1. The van der Waals surface area contributed by atoms with Crippen molar-refractivity contribution in [3.05, 3.63) is 53.0 Å². The minimum absolute atomic E-state index is 0.127. The molecule has 0 fully saturated rings. The first-order valence-electron chi connectivity index (χ1n) is 7.15. The van der Waals surface area contributed by atoms with Crippen molar-refractivity contribution in [3.63, 3.8) is 0 Å². The lowest BCUT2D eigenvalue weighted by molar-refractivity contribution is -0.116. The number of aliphatic hydroxyl groups excluding tert-OH is 1. The molecule has 0 radical (unpaired) electrons. The fourth-order valence-corrected chi connectivity index (χ4v) is 2.29. The zero-order valence-corrected chi connectivity index (χ0v) is 12.5. The van der Waals surface area contributed by atoms with Gasteiger partial charge in [-0.2, -0.15) is 5.10 Å². The van der Waals surface area contributed by atoms with Crippen molar-refractivity contribution in [1.29, 1.82) is 0 Å². The molecule has 3 aromatic rings. The van der Waals surface area contributed by atoms with Crippen LogP contribution in [-0.2, 0) is 17.9 Å². The van der Waals surface area contributed by atoms with E-state index in [9.17, 15) is 14.0 Å². The molecule has 0 aliphatic carbocycles. The van der Waals surface area contributed by atoms with E-state index in [-0.39, 0.29) is 25.1 Å². The van der Waals surface area contributed by atoms with Gasteiger partial charge in [0.25, 0.3) is 5.56 Å². The molecule has 0 aliphatic heterocycles. The first-order chi connectivity index (χ1) is 11.6. The average Bonchev–Trinajstić information content (AvgIpc) is 2.94. The molecule has 0 unspecified atom stereocenters. The maximum Gasteiger partial charge on any atom is 0.264 e. The first kappa shape index (κ1) is 15.8. The highest BCUT2D eigenvalue weighted by Gasteiger charge is 2.12. The molecule has 0 spiro atoms. The Morgan fingerprint density at radius 3 is 2.96 bits per heavy atom. The number of carbonyl (C=O) groups is 1. The van der Waals surface area contributed by atoms with Crippen LogP contribution in [0.25, 0.3) is 11.0 Å². The maximum atomic E-state index is 13.1. The third-order valence-electron chi connectivity index (χ3n) is 3.36. The Kier molecular flexibility index (Phi) is 4.34. The van der Waals surface area contributed by atoms with E-state index >= 15 is 0 Å². The number of fused-ring (bicyclic) bond motifs is 1. The Bertz CT molecular complexity index is 950. The zero-order valence-electron chi connectivity index (χ0n) is 12.5. The third kappa shape index (κ3) is 3.15. The van der Waals surface area contributed by atoms with Crippen LogP contribution >= 0.6 is 0 Å². The number of aromatic nitrogens is 4. The summed E-state index contributed by atoms with van der Waals surface area (Å²) >= 11 is 0. The van der Waals surface area contributed by atoms with Crippen LogP contribution in [0.15, 0.2) is 41.6 Å². The Labute approximate surface area is 135 Å². The van der Waals surface area contributed by atoms with Gasteiger partial charge in [-0.1, -0.05) is 6.07 Å². The van der Waals surface area contributed by atoms with E-state index < -0.39 is 17.3 Å². The molecular weight excluding hydrogens is 317 g/mol. The smallest absolute Gasteiger partial charge is 0.264 e. The Hall–Kier alpha value is -3.07. The summed E-state index contributed by atoms with van der Waals surface area (Å²) in [6.45, 7) is -0.166. The predicted octanol–water partition coefficient (Wildman–Crippen LogP) is 0.363. The standard InChI is InChI=1S/C15H14FN5O3/c16-10-2-1-3-11(6-10)19-13(23)8-20-9-17-14-12(15(20)24)7-18-21(14)4-5-22/h1-3,6-7,9,22H,4-5,8H2,(H,19,23). The van der Waals surface area contributed by atoms with Crippen LogP contribution < -0.4 is 10.9 Å². The molecule has 1 amide bonds. The second kappa shape index (κ2) is 6.59. The minimum Gasteiger partial charge on any atom is -0.394 e. The van der Waals surface area contributed by atoms with E-state index in [2.05, 4.69) is 15.4 Å². The summed E-state index contributed by atoms with van der Waals surface area (Å²) in [7, 11) is 0. The predicted molar refractivity (Wildman–Crippen MR) is 83.9 cm³/mol. The molecule has 0 aliphatic rings. The number of amides is 1. The molecule has 0 atom stereocenters. The van der Waals surface area contributed by atoms with Crippen molar-refractivity contribution in [1.82, 2.24) is 19.3 Å². The molecule has 0 saturated carbocycles. The van der Waals surface area contributed by atoms with E-state index in [1.165, 1.54) is 35.4 Å². The summed E-state index contributed by atoms with van der Waals surface area (Å²) in [5.41, 5.74) is 0.229. The molecule has 2 aromatic heterocycles. The second-order valence-electron chi connectivity index (χ2n) is 5.06. The average molecular weight is 331 g/mol. The van der Waals surface area contributed by atoms with E-state index in [0.717, 1.165) is 4.57 Å². The number of nitrogens with one attached hydrogen (secondary N) is 1. The van der Waals surface area contributed by atoms with Gasteiger partial charge in [-0.3, -0.25) is 14.2 Å². The summed E-state index contributed by atoms with van der Waals surface area (Å²) in [5, 5.41) is 15.7. The van der Waals surface area contributed by atoms with Gasteiger partial charge in [0.15, 0.2) is 5.65 Å². The summed E-state index contributed by atoms with van der Waals surface area (Å²) in [6, 6.07) is 5.47. The lowest BCUT2D eigenvalue weighted by atomic mass is 10.3. The monoisotopic (exact) mass is 331 g/mol.